The van der Waals surface area contributed by atoms with Crippen LogP contribution in [0.4, 0.5) is 0 Å². The quantitative estimate of drug-likeness (QED) is 0.237. The fourth-order valence-corrected chi connectivity index (χ4v) is 0.815. The first-order valence-corrected chi connectivity index (χ1v) is 4.46. The minimum absolute atomic E-state index is 1.02. The standard InChI is InChI=1S/C8H11.Na/c1-3-5-7-8-6-4-2;/h5,7H,3,6,8H2,1H3;. The van der Waals surface area contributed by atoms with Crippen molar-refractivity contribution in [1.82, 2.24) is 0 Å². The van der Waals surface area contributed by atoms with Crippen molar-refractivity contribution in [2.24, 2.45) is 0 Å². The Bertz CT molecular complexity index is 125. The normalized spacial score (nSPS) is 9.22. The Balaban J connectivity index is 3.06. The summed E-state index contributed by atoms with van der Waals surface area (Å²) in [6, 6.07) is 0. The second kappa shape index (κ2) is 8.30. The van der Waals surface area contributed by atoms with Crippen molar-refractivity contribution in [2.75, 3.05) is 0 Å². The summed E-state index contributed by atoms with van der Waals surface area (Å²) in [5.41, 5.74) is 0. The molecule has 0 aromatic carbocycles. The molecule has 0 N–H and O–H groups in total. The summed E-state index contributed by atoms with van der Waals surface area (Å²) in [6.45, 7) is 2.15. The third-order valence-corrected chi connectivity index (χ3v) is 1.37. The van der Waals surface area contributed by atoms with E-state index in [1.54, 1.807) is 0 Å². The predicted octanol–water partition coefficient (Wildman–Crippen LogP) is 1.86. The van der Waals surface area contributed by atoms with Crippen molar-refractivity contribution in [2.45, 2.75) is 26.2 Å². The molecular weight excluding hydrogens is 119 g/mol. The Hall–Kier alpha value is 0.300. The van der Waals surface area contributed by atoms with Gasteiger partial charge in [-0.05, 0) is 0 Å². The van der Waals surface area contributed by atoms with E-state index >= 15 is 0 Å². The molecule has 0 aromatic heterocycles. The van der Waals surface area contributed by atoms with Crippen molar-refractivity contribution in [3.63, 3.8) is 0 Å². The van der Waals surface area contributed by atoms with Gasteiger partial charge in [0.15, 0.2) is 0 Å². The van der Waals surface area contributed by atoms with E-state index in [9.17, 15) is 0 Å². The van der Waals surface area contributed by atoms with Gasteiger partial charge in [-0.3, -0.25) is 0 Å². The molecule has 0 heterocycles. The number of rotatable bonds is 3. The average molecular weight is 130 g/mol. The molecule has 0 aliphatic heterocycles. The van der Waals surface area contributed by atoms with Crippen LogP contribution in [0.5, 0.6) is 0 Å². The van der Waals surface area contributed by atoms with Gasteiger partial charge in [-0.15, -0.1) is 0 Å². The van der Waals surface area contributed by atoms with Crippen LogP contribution in [0.2, 0.25) is 0 Å². The molecule has 0 bridgehead atoms. The Morgan fingerprint density at radius 1 is 1.44 bits per heavy atom. The van der Waals surface area contributed by atoms with Gasteiger partial charge in [0.2, 0.25) is 0 Å². The minimum atomic E-state index is 1.02. The fourth-order valence-electron chi connectivity index (χ4n) is 0.565. The van der Waals surface area contributed by atoms with Gasteiger partial charge in [-0.1, -0.05) is 0 Å². The first-order chi connectivity index (χ1) is 4.41. The molecule has 0 radical (unpaired) electrons. The summed E-state index contributed by atoms with van der Waals surface area (Å²) in [4.78, 5) is 0. The van der Waals surface area contributed by atoms with Gasteiger partial charge in [0.25, 0.3) is 0 Å². The molecule has 0 saturated heterocycles. The second-order valence-electron chi connectivity index (χ2n) is 1.85. The number of hydrogen-bond acceptors (Lipinski definition) is 0. The van der Waals surface area contributed by atoms with Crippen LogP contribution in [0.25, 0.3) is 0 Å². The zero-order valence-corrected chi connectivity index (χ0v) is 8.28. The molecule has 0 aliphatic rings. The second-order valence-corrected chi connectivity index (χ2v) is 2.35. The molecule has 0 unspecified atom stereocenters. The van der Waals surface area contributed by atoms with E-state index in [2.05, 4.69) is 28.2 Å². The van der Waals surface area contributed by atoms with Gasteiger partial charge in [0.05, 0.1) is 0 Å². The molecule has 0 fully saturated rings. The summed E-state index contributed by atoms with van der Waals surface area (Å²) in [5.74, 6) is 3.07. The molecule has 0 amide bonds. The topological polar surface area (TPSA) is 0 Å². The first-order valence-electron chi connectivity index (χ1n) is 3.46. The van der Waals surface area contributed by atoms with E-state index in [1.165, 1.54) is 0 Å². The van der Waals surface area contributed by atoms with Crippen molar-refractivity contribution in [3.8, 4) is 9.09 Å². The monoisotopic (exact) mass is 130 g/mol. The van der Waals surface area contributed by atoms with Crippen LogP contribution in [0.1, 0.15) is 26.2 Å². The number of hydrogen-bond donors (Lipinski definition) is 0. The molecule has 0 aromatic rings. The van der Waals surface area contributed by atoms with Crippen LogP contribution >= 0.6 is 0 Å². The Labute approximate surface area is 75.1 Å². The summed E-state index contributed by atoms with van der Waals surface area (Å²) in [7, 11) is 0. The molecule has 9 heavy (non-hydrogen) atoms. The summed E-state index contributed by atoms with van der Waals surface area (Å²) in [5, 5.41) is 0. The zero-order valence-electron chi connectivity index (χ0n) is 6.28. The molecule has 0 nitrogen and oxygen atoms in total. The molecule has 0 spiro atoms. The van der Waals surface area contributed by atoms with E-state index in [1.807, 2.05) is 0 Å². The third-order valence-electron chi connectivity index (χ3n) is 1.02. The SMILES string of the molecule is CCC=CCCC#[C][Na]. The van der Waals surface area contributed by atoms with Gasteiger partial charge in [-0.2, -0.15) is 0 Å². The van der Waals surface area contributed by atoms with E-state index in [4.69, 9.17) is 0 Å². The molecule has 0 saturated carbocycles. The Morgan fingerprint density at radius 3 is 2.78 bits per heavy atom. The number of unbranched alkanes of at least 4 members (excludes halogenated alkanes) is 1. The van der Waals surface area contributed by atoms with Crippen LogP contribution in [0.15, 0.2) is 12.2 Å². The molecule has 44 valence electrons. The Morgan fingerprint density at radius 2 is 2.22 bits per heavy atom. The van der Waals surface area contributed by atoms with E-state index in [0.29, 0.717) is 0 Å². The molecule has 0 rings (SSSR count). The van der Waals surface area contributed by atoms with Crippen molar-refractivity contribution >= 4 is 27.9 Å². The average Bonchev–Trinajstić information content (AvgIpc) is 1.89. The van der Waals surface area contributed by atoms with Crippen molar-refractivity contribution < 1.29 is 0 Å². The van der Waals surface area contributed by atoms with E-state index < -0.39 is 0 Å². The summed E-state index contributed by atoms with van der Waals surface area (Å²) in [6.07, 6.45) is 7.71. The van der Waals surface area contributed by atoms with E-state index in [0.717, 1.165) is 47.2 Å². The summed E-state index contributed by atoms with van der Waals surface area (Å²) >= 11 is 1.02. The van der Waals surface area contributed by atoms with Gasteiger partial charge in [0.1, 0.15) is 0 Å². The zero-order chi connectivity index (χ0) is 6.95. The van der Waals surface area contributed by atoms with Gasteiger partial charge >= 0.3 is 75.4 Å². The maximum absolute atomic E-state index is 3.07. The molecule has 1 heteroatoms. The first kappa shape index (κ1) is 9.30. The summed E-state index contributed by atoms with van der Waals surface area (Å²) < 4.78 is 3.00. The van der Waals surface area contributed by atoms with Crippen LogP contribution in [0, 0.1) is 9.09 Å². The van der Waals surface area contributed by atoms with Crippen LogP contribution in [0.3, 0.4) is 0 Å². The van der Waals surface area contributed by atoms with Crippen molar-refractivity contribution in [1.29, 1.82) is 0 Å². The Kier molecular flexibility index (Phi) is 8.58. The number of allylic oxidation sites excluding steroid dienone is 2. The van der Waals surface area contributed by atoms with Crippen LogP contribution in [-0.4, -0.2) is 27.9 Å². The molecule has 0 aliphatic carbocycles. The predicted molar refractivity (Wildman–Crippen MR) is 42.2 cm³/mol. The molecular formula is C8H11Na. The fraction of sp³-hybridized carbons (Fsp3) is 0.500. The maximum atomic E-state index is 3.07. The third kappa shape index (κ3) is 8.30. The van der Waals surface area contributed by atoms with Crippen molar-refractivity contribution in [3.05, 3.63) is 12.2 Å². The van der Waals surface area contributed by atoms with Gasteiger partial charge < -0.3 is 0 Å². The van der Waals surface area contributed by atoms with E-state index in [-0.39, 0.29) is 0 Å². The van der Waals surface area contributed by atoms with Gasteiger partial charge in [0, 0.05) is 0 Å². The van der Waals surface area contributed by atoms with Crippen LogP contribution in [-0.2, 0) is 0 Å². The van der Waals surface area contributed by atoms with Crippen LogP contribution < -0.4 is 0 Å². The molecule has 0 atom stereocenters. The van der Waals surface area contributed by atoms with Gasteiger partial charge in [-0.25, -0.2) is 0 Å².